The summed E-state index contributed by atoms with van der Waals surface area (Å²) in [6.45, 7) is 19.3. The monoisotopic (exact) mass is 521 g/mol. The highest BCUT2D eigenvalue weighted by molar-refractivity contribution is 5.87. The zero-order valence-electron chi connectivity index (χ0n) is 25.2. The van der Waals surface area contributed by atoms with Crippen LogP contribution in [0.25, 0.3) is 0 Å². The van der Waals surface area contributed by atoms with E-state index in [1.165, 1.54) is 5.57 Å². The molecule has 0 saturated carbocycles. The van der Waals surface area contributed by atoms with Gasteiger partial charge in [0.1, 0.15) is 11.6 Å². The first kappa shape index (κ1) is 34.6. The average molecular weight is 522 g/mol. The van der Waals surface area contributed by atoms with E-state index in [1.807, 2.05) is 38.4 Å². The van der Waals surface area contributed by atoms with Crippen molar-refractivity contribution in [1.29, 1.82) is 0 Å². The van der Waals surface area contributed by atoms with Crippen LogP contribution in [0.15, 0.2) is 104 Å². The number of allylic oxidation sites excluding steroid dienone is 10. The molecule has 0 spiro atoms. The van der Waals surface area contributed by atoms with E-state index >= 15 is 0 Å². The van der Waals surface area contributed by atoms with Crippen LogP contribution in [-0.2, 0) is 4.74 Å². The minimum Gasteiger partial charge on any atom is -0.497 e. The number of aliphatic imine (C=N–C) groups is 2. The van der Waals surface area contributed by atoms with Gasteiger partial charge in [-0.3, -0.25) is 4.99 Å². The zero-order valence-corrected chi connectivity index (χ0v) is 25.2. The molecule has 0 unspecified atom stereocenters. The van der Waals surface area contributed by atoms with E-state index in [-0.39, 0.29) is 0 Å². The largest absolute Gasteiger partial charge is 0.497 e. The molecule has 6 heteroatoms. The lowest BCUT2D eigenvalue weighted by Crippen LogP contribution is -2.30. The van der Waals surface area contributed by atoms with Crippen molar-refractivity contribution < 1.29 is 4.74 Å². The molecule has 0 aromatic heterocycles. The summed E-state index contributed by atoms with van der Waals surface area (Å²) >= 11 is 0. The molecule has 0 radical (unpaired) electrons. The van der Waals surface area contributed by atoms with Crippen LogP contribution in [-0.4, -0.2) is 33.1 Å². The van der Waals surface area contributed by atoms with E-state index in [0.717, 1.165) is 59.4 Å². The van der Waals surface area contributed by atoms with Crippen molar-refractivity contribution in [3.05, 3.63) is 94.4 Å². The number of hydrazine groups is 1. The number of methoxy groups -OCH3 is 1. The normalized spacial score (nSPS) is 15.0. The molecule has 0 bridgehead atoms. The van der Waals surface area contributed by atoms with Gasteiger partial charge in [-0.25, -0.2) is 10.4 Å². The van der Waals surface area contributed by atoms with Gasteiger partial charge in [-0.05, 0) is 87.0 Å². The maximum atomic E-state index is 5.59. The average Bonchev–Trinajstić information content (AvgIpc) is 2.89. The van der Waals surface area contributed by atoms with Crippen LogP contribution in [0.2, 0.25) is 0 Å². The third-order valence-electron chi connectivity index (χ3n) is 5.54. The van der Waals surface area contributed by atoms with Crippen molar-refractivity contribution in [3.8, 4) is 0 Å². The predicted molar refractivity (Wildman–Crippen MR) is 168 cm³/mol. The Morgan fingerprint density at radius 3 is 2.24 bits per heavy atom. The molecule has 38 heavy (non-hydrogen) atoms. The molecule has 0 fully saturated rings. The predicted octanol–water partition coefficient (Wildman–Crippen LogP) is 7.62. The Labute approximate surface area is 232 Å². The molecule has 0 aromatic rings. The highest BCUT2D eigenvalue weighted by Crippen LogP contribution is 2.18. The maximum Gasteiger partial charge on any atom is 0.121 e. The lowest BCUT2D eigenvalue weighted by Gasteiger charge is -2.18. The Morgan fingerprint density at radius 1 is 0.947 bits per heavy atom. The third kappa shape index (κ3) is 14.4. The highest BCUT2D eigenvalue weighted by Gasteiger charge is 2.09. The van der Waals surface area contributed by atoms with Crippen molar-refractivity contribution >= 4 is 12.4 Å². The van der Waals surface area contributed by atoms with Gasteiger partial charge in [0.2, 0.25) is 0 Å². The van der Waals surface area contributed by atoms with E-state index in [1.54, 1.807) is 19.5 Å². The third-order valence-corrected chi connectivity index (χ3v) is 5.54. The van der Waals surface area contributed by atoms with Gasteiger partial charge in [0, 0.05) is 32.2 Å². The standard InChI is InChI=1S/C32H51N5O/c1-11-15-26(6)31(38-10)19-18-27(7)32(37-33-9)30(17-13-3)24-36-28(8)35-22-20-25(5)29(16-12-2)23-34-21-14-4/h14-16,18-23,33,36-37H,8,11-13,17,24H2,1-7,9-10H3/b21-14-,25-20+,26-15+,27-18+,29-16-,31-19+,32-30+,34-23-,35-22-. The Balaban J connectivity index is 5.76. The van der Waals surface area contributed by atoms with Gasteiger partial charge < -0.3 is 15.5 Å². The van der Waals surface area contributed by atoms with Gasteiger partial charge in [-0.2, -0.15) is 0 Å². The SMILES string of the molecule is C=C(\N=C/C=C(C)/C(/C=N\C=C/C)=C\CC)NC\C(CCC)=C(NNC)/C(C)=C/C=C(OC)\C(C)=C\CC. The second-order valence-corrected chi connectivity index (χ2v) is 8.74. The van der Waals surface area contributed by atoms with E-state index in [4.69, 9.17) is 4.74 Å². The van der Waals surface area contributed by atoms with Crippen LogP contribution in [0.4, 0.5) is 0 Å². The summed E-state index contributed by atoms with van der Waals surface area (Å²) in [5.41, 5.74) is 13.1. The smallest absolute Gasteiger partial charge is 0.121 e. The molecule has 0 heterocycles. The minimum atomic E-state index is 0.610. The summed E-state index contributed by atoms with van der Waals surface area (Å²) in [4.78, 5) is 8.80. The molecule has 0 aliphatic carbocycles. The molecule has 6 nitrogen and oxygen atoms in total. The van der Waals surface area contributed by atoms with Gasteiger partial charge in [0.05, 0.1) is 12.8 Å². The van der Waals surface area contributed by atoms with Crippen LogP contribution >= 0.6 is 0 Å². The number of nitrogens with zero attached hydrogens (tertiary/aromatic N) is 2. The number of nitrogens with one attached hydrogen (secondary N) is 3. The molecular weight excluding hydrogens is 470 g/mol. The molecule has 210 valence electrons. The van der Waals surface area contributed by atoms with E-state index in [2.05, 4.69) is 92.5 Å². The summed E-state index contributed by atoms with van der Waals surface area (Å²) in [6.07, 6.45) is 21.6. The molecule has 0 rings (SSSR count). The number of hydrogen-bond donors (Lipinski definition) is 3. The van der Waals surface area contributed by atoms with Gasteiger partial charge in [0.25, 0.3) is 0 Å². The van der Waals surface area contributed by atoms with Crippen LogP contribution < -0.4 is 16.2 Å². The van der Waals surface area contributed by atoms with Crippen molar-refractivity contribution in [2.24, 2.45) is 9.98 Å². The first-order valence-corrected chi connectivity index (χ1v) is 13.5. The van der Waals surface area contributed by atoms with Crippen molar-refractivity contribution in [2.45, 2.75) is 74.1 Å². The molecule has 0 atom stereocenters. The van der Waals surface area contributed by atoms with Crippen LogP contribution in [0, 0.1) is 0 Å². The second-order valence-electron chi connectivity index (χ2n) is 8.74. The van der Waals surface area contributed by atoms with Crippen molar-refractivity contribution in [2.75, 3.05) is 20.7 Å². The summed E-state index contributed by atoms with van der Waals surface area (Å²) in [5, 5.41) is 3.37. The number of ether oxygens (including phenoxy) is 1. The summed E-state index contributed by atoms with van der Waals surface area (Å²) in [6, 6.07) is 0. The highest BCUT2D eigenvalue weighted by atomic mass is 16.5. The molecule has 0 aliphatic rings. The van der Waals surface area contributed by atoms with Crippen LogP contribution in [0.1, 0.15) is 74.1 Å². The lowest BCUT2D eigenvalue weighted by molar-refractivity contribution is 0.300. The minimum absolute atomic E-state index is 0.610. The van der Waals surface area contributed by atoms with Crippen molar-refractivity contribution in [3.63, 3.8) is 0 Å². The van der Waals surface area contributed by atoms with E-state index in [0.29, 0.717) is 12.4 Å². The Bertz CT molecular complexity index is 1000. The number of hydrogen-bond acceptors (Lipinski definition) is 6. The molecule has 0 saturated heterocycles. The summed E-state index contributed by atoms with van der Waals surface area (Å²) in [5.74, 6) is 1.47. The Morgan fingerprint density at radius 2 is 1.66 bits per heavy atom. The zero-order chi connectivity index (χ0) is 28.8. The topological polar surface area (TPSA) is 70.0 Å². The van der Waals surface area contributed by atoms with Gasteiger partial charge >= 0.3 is 0 Å². The van der Waals surface area contributed by atoms with Crippen LogP contribution in [0.5, 0.6) is 0 Å². The van der Waals surface area contributed by atoms with E-state index in [9.17, 15) is 0 Å². The molecule has 3 N–H and O–H groups in total. The fourth-order valence-corrected chi connectivity index (χ4v) is 3.58. The second kappa shape index (κ2) is 21.7. The molecule has 0 amide bonds. The fraction of sp³-hybridized carbons (Fsp3) is 0.438. The van der Waals surface area contributed by atoms with Gasteiger partial charge in [-0.1, -0.05) is 58.1 Å². The molecule has 0 aliphatic heterocycles. The summed E-state index contributed by atoms with van der Waals surface area (Å²) in [7, 11) is 3.58. The molecule has 0 aromatic carbocycles. The lowest BCUT2D eigenvalue weighted by atomic mass is 10.0. The quantitative estimate of drug-likeness (QED) is 0.0751. The Hall–Kier alpha value is -3.38. The fourth-order valence-electron chi connectivity index (χ4n) is 3.58. The first-order valence-electron chi connectivity index (χ1n) is 13.5. The first-order chi connectivity index (χ1) is 18.3. The summed E-state index contributed by atoms with van der Waals surface area (Å²) < 4.78 is 5.59. The van der Waals surface area contributed by atoms with Gasteiger partial charge in [0.15, 0.2) is 0 Å². The number of rotatable bonds is 18. The Kier molecular flexibility index (Phi) is 19.8. The van der Waals surface area contributed by atoms with Crippen molar-refractivity contribution in [1.82, 2.24) is 16.2 Å². The molecular formula is C32H51N5O. The van der Waals surface area contributed by atoms with E-state index < -0.39 is 0 Å². The van der Waals surface area contributed by atoms with Crippen LogP contribution in [0.3, 0.4) is 0 Å². The van der Waals surface area contributed by atoms with Gasteiger partial charge in [-0.15, -0.1) is 0 Å². The maximum absolute atomic E-state index is 5.59.